The van der Waals surface area contributed by atoms with E-state index in [0.717, 1.165) is 0 Å². The van der Waals surface area contributed by atoms with Gasteiger partial charge in [0.15, 0.2) is 0 Å². The molecule has 3 amide bonds. The molecule has 0 saturated carbocycles. The van der Waals surface area contributed by atoms with E-state index in [-0.39, 0.29) is 19.1 Å². The van der Waals surface area contributed by atoms with Crippen LogP contribution in [0.25, 0.3) is 0 Å². The Hall–Kier alpha value is -1.43. The second kappa shape index (κ2) is 4.88. The maximum Gasteiger partial charge on any atom is 0.249 e. The first-order valence-electron chi connectivity index (χ1n) is 4.72. The summed E-state index contributed by atoms with van der Waals surface area (Å²) in [5, 5.41) is 2.19. The van der Waals surface area contributed by atoms with Crippen molar-refractivity contribution in [3.8, 4) is 0 Å². The molecule has 1 N–H and O–H groups in total. The molecule has 1 rings (SSSR count). The lowest BCUT2D eigenvalue weighted by atomic mass is 10.1. The molecule has 84 valence electrons. The summed E-state index contributed by atoms with van der Waals surface area (Å²) in [6, 6.07) is -0.564. The topological polar surface area (TPSA) is 75.7 Å². The molecule has 0 aromatic heterocycles. The minimum Gasteiger partial charge on any atom is -0.375 e. The summed E-state index contributed by atoms with van der Waals surface area (Å²) in [5.41, 5.74) is 0. The average molecular weight is 214 g/mol. The lowest BCUT2D eigenvalue weighted by Crippen LogP contribution is -2.60. The Kier molecular flexibility index (Phi) is 3.79. The minimum absolute atomic E-state index is 0.0769. The molecular formula is C9H14N2O4. The normalized spacial score (nSPS) is 21.5. The first-order valence-corrected chi connectivity index (χ1v) is 4.72. The van der Waals surface area contributed by atoms with Crippen molar-refractivity contribution in [1.29, 1.82) is 0 Å². The number of hydrogen-bond donors (Lipinski definition) is 1. The van der Waals surface area contributed by atoms with Gasteiger partial charge in [-0.25, -0.2) is 0 Å². The van der Waals surface area contributed by atoms with E-state index >= 15 is 0 Å². The van der Waals surface area contributed by atoms with Gasteiger partial charge in [0.1, 0.15) is 19.2 Å². The number of ether oxygens (including phenoxy) is 1. The van der Waals surface area contributed by atoms with Crippen LogP contribution in [0.5, 0.6) is 0 Å². The van der Waals surface area contributed by atoms with Gasteiger partial charge in [-0.2, -0.15) is 0 Å². The molecule has 0 aromatic rings. The molecule has 15 heavy (non-hydrogen) atoms. The molecule has 1 saturated heterocycles. The zero-order valence-electron chi connectivity index (χ0n) is 8.78. The molecule has 1 aliphatic heterocycles. The van der Waals surface area contributed by atoms with Gasteiger partial charge in [-0.1, -0.05) is 6.92 Å². The molecule has 6 nitrogen and oxygen atoms in total. The molecule has 1 heterocycles. The number of carbonyl (C=O) groups excluding carboxylic acids is 3. The first-order chi connectivity index (χ1) is 7.10. The van der Waals surface area contributed by atoms with Crippen molar-refractivity contribution in [2.45, 2.75) is 19.4 Å². The van der Waals surface area contributed by atoms with Crippen LogP contribution in [0.1, 0.15) is 13.3 Å². The maximum absolute atomic E-state index is 11.5. The van der Waals surface area contributed by atoms with Gasteiger partial charge in [0.25, 0.3) is 0 Å². The molecule has 1 fully saturated rings. The van der Waals surface area contributed by atoms with E-state index in [0.29, 0.717) is 6.42 Å². The zero-order chi connectivity index (χ0) is 11.4. The van der Waals surface area contributed by atoms with Crippen LogP contribution >= 0.6 is 0 Å². The molecule has 0 radical (unpaired) electrons. The van der Waals surface area contributed by atoms with Crippen molar-refractivity contribution < 1.29 is 19.1 Å². The van der Waals surface area contributed by atoms with Crippen LogP contribution in [-0.4, -0.2) is 48.9 Å². The third-order valence-corrected chi connectivity index (χ3v) is 2.23. The van der Waals surface area contributed by atoms with E-state index < -0.39 is 17.9 Å². The fourth-order valence-corrected chi connectivity index (χ4v) is 1.54. The van der Waals surface area contributed by atoms with Gasteiger partial charge in [-0.3, -0.25) is 19.7 Å². The Morgan fingerprint density at radius 3 is 2.80 bits per heavy atom. The Balaban J connectivity index is 2.77. The summed E-state index contributed by atoms with van der Waals surface area (Å²) >= 11 is 0. The maximum atomic E-state index is 11.5. The van der Waals surface area contributed by atoms with Crippen LogP contribution in [0, 0.1) is 0 Å². The largest absolute Gasteiger partial charge is 0.375 e. The number of piperazine rings is 1. The van der Waals surface area contributed by atoms with E-state index in [1.807, 2.05) is 0 Å². The molecule has 0 spiro atoms. The van der Waals surface area contributed by atoms with Crippen LogP contribution in [0.15, 0.2) is 0 Å². The number of nitrogens with one attached hydrogen (secondary N) is 1. The van der Waals surface area contributed by atoms with Crippen LogP contribution in [0.3, 0.4) is 0 Å². The summed E-state index contributed by atoms with van der Waals surface area (Å²) in [6.07, 6.45) is 0.481. The van der Waals surface area contributed by atoms with Gasteiger partial charge in [0.2, 0.25) is 17.7 Å². The van der Waals surface area contributed by atoms with Gasteiger partial charge in [-0.15, -0.1) is 0 Å². The summed E-state index contributed by atoms with van der Waals surface area (Å²) in [7, 11) is 1.39. The van der Waals surface area contributed by atoms with Gasteiger partial charge < -0.3 is 9.64 Å². The van der Waals surface area contributed by atoms with Gasteiger partial charge in [0.05, 0.1) is 0 Å². The molecule has 1 unspecified atom stereocenters. The highest BCUT2D eigenvalue weighted by molar-refractivity contribution is 6.04. The highest BCUT2D eigenvalue weighted by Crippen LogP contribution is 2.09. The SMILES string of the molecule is CCC1C(=O)NC(=O)CN1C(=O)COC. The van der Waals surface area contributed by atoms with E-state index in [4.69, 9.17) is 0 Å². The van der Waals surface area contributed by atoms with Crippen LogP contribution in [-0.2, 0) is 19.1 Å². The first kappa shape index (κ1) is 11.6. The Morgan fingerprint density at radius 1 is 1.60 bits per heavy atom. The van der Waals surface area contributed by atoms with Crippen LogP contribution in [0.2, 0.25) is 0 Å². The highest BCUT2D eigenvalue weighted by atomic mass is 16.5. The molecule has 0 aromatic carbocycles. The number of imide groups is 1. The Morgan fingerprint density at radius 2 is 2.27 bits per heavy atom. The van der Waals surface area contributed by atoms with Crippen molar-refractivity contribution in [3.63, 3.8) is 0 Å². The number of carbonyl (C=O) groups is 3. The summed E-state index contributed by atoms with van der Waals surface area (Å²) in [4.78, 5) is 35.3. The predicted molar refractivity (Wildman–Crippen MR) is 50.8 cm³/mol. The van der Waals surface area contributed by atoms with E-state index in [1.54, 1.807) is 6.92 Å². The fraction of sp³-hybridized carbons (Fsp3) is 0.667. The van der Waals surface area contributed by atoms with Crippen LogP contribution < -0.4 is 5.32 Å². The summed E-state index contributed by atoms with van der Waals surface area (Å²) in [6.45, 7) is 1.59. The fourth-order valence-electron chi connectivity index (χ4n) is 1.54. The third kappa shape index (κ3) is 2.53. The number of amides is 3. The lowest BCUT2D eigenvalue weighted by molar-refractivity contribution is -0.152. The van der Waals surface area contributed by atoms with Crippen molar-refractivity contribution in [3.05, 3.63) is 0 Å². The van der Waals surface area contributed by atoms with Crippen molar-refractivity contribution in [2.24, 2.45) is 0 Å². The van der Waals surface area contributed by atoms with Gasteiger partial charge in [-0.05, 0) is 6.42 Å². The second-order valence-electron chi connectivity index (χ2n) is 3.29. The highest BCUT2D eigenvalue weighted by Gasteiger charge is 2.35. The van der Waals surface area contributed by atoms with E-state index in [2.05, 4.69) is 10.1 Å². The molecule has 1 atom stereocenters. The third-order valence-electron chi connectivity index (χ3n) is 2.23. The number of methoxy groups -OCH3 is 1. The number of rotatable bonds is 3. The Labute approximate surface area is 87.6 Å². The molecule has 0 bridgehead atoms. The zero-order valence-corrected chi connectivity index (χ0v) is 8.78. The van der Waals surface area contributed by atoms with Crippen molar-refractivity contribution in [2.75, 3.05) is 20.3 Å². The van der Waals surface area contributed by atoms with Crippen LogP contribution in [0.4, 0.5) is 0 Å². The minimum atomic E-state index is -0.564. The van der Waals surface area contributed by atoms with E-state index in [1.165, 1.54) is 12.0 Å². The smallest absolute Gasteiger partial charge is 0.249 e. The van der Waals surface area contributed by atoms with Gasteiger partial charge in [0, 0.05) is 7.11 Å². The molecule has 6 heteroatoms. The standard InChI is InChI=1S/C9H14N2O4/c1-3-6-9(14)10-7(12)4-11(6)8(13)5-15-2/h6H,3-5H2,1-2H3,(H,10,12,14). The van der Waals surface area contributed by atoms with E-state index in [9.17, 15) is 14.4 Å². The quantitative estimate of drug-likeness (QED) is 0.605. The van der Waals surface area contributed by atoms with Crippen molar-refractivity contribution >= 4 is 17.7 Å². The lowest BCUT2D eigenvalue weighted by Gasteiger charge is -2.33. The number of nitrogens with zero attached hydrogens (tertiary/aromatic N) is 1. The van der Waals surface area contributed by atoms with Gasteiger partial charge >= 0.3 is 0 Å². The summed E-state index contributed by atoms with van der Waals surface area (Å²) in [5.74, 6) is -1.21. The summed E-state index contributed by atoms with van der Waals surface area (Å²) < 4.78 is 4.69. The Bertz CT molecular complexity index is 290. The number of hydrogen-bond acceptors (Lipinski definition) is 4. The molecular weight excluding hydrogens is 200 g/mol. The molecule has 0 aliphatic carbocycles. The van der Waals surface area contributed by atoms with Crippen molar-refractivity contribution in [1.82, 2.24) is 10.2 Å². The average Bonchev–Trinajstić information content (AvgIpc) is 2.17. The predicted octanol–water partition coefficient (Wildman–Crippen LogP) is -1.10. The second-order valence-corrected chi connectivity index (χ2v) is 3.29. The monoisotopic (exact) mass is 214 g/mol. The molecule has 1 aliphatic rings.